The predicted molar refractivity (Wildman–Crippen MR) is 120 cm³/mol. The lowest BCUT2D eigenvalue weighted by Crippen LogP contribution is -2.30. The fourth-order valence-electron chi connectivity index (χ4n) is 4.30. The Morgan fingerprint density at radius 2 is 1.87 bits per heavy atom. The van der Waals surface area contributed by atoms with Crippen LogP contribution in [-0.4, -0.2) is 33.5 Å². The Hall–Kier alpha value is -2.82. The Morgan fingerprint density at radius 1 is 1.13 bits per heavy atom. The highest BCUT2D eigenvalue weighted by Crippen LogP contribution is 2.33. The average Bonchev–Trinajstić information content (AvgIpc) is 3.33. The van der Waals surface area contributed by atoms with Gasteiger partial charge in [-0.2, -0.15) is 0 Å². The normalized spacial score (nSPS) is 16.9. The lowest BCUT2D eigenvalue weighted by molar-refractivity contribution is -0.129. The summed E-state index contributed by atoms with van der Waals surface area (Å²) < 4.78 is 8.29. The van der Waals surface area contributed by atoms with Gasteiger partial charge in [0.15, 0.2) is 0 Å². The Bertz CT molecular complexity index is 1030. The van der Waals surface area contributed by atoms with Gasteiger partial charge in [-0.1, -0.05) is 45.0 Å². The number of benzene rings is 2. The Kier molecular flexibility index (Phi) is 5.54. The third-order valence-corrected chi connectivity index (χ3v) is 5.94. The van der Waals surface area contributed by atoms with Gasteiger partial charge in [0.25, 0.3) is 0 Å². The van der Waals surface area contributed by atoms with Crippen LogP contribution >= 0.6 is 0 Å². The third kappa shape index (κ3) is 4.07. The van der Waals surface area contributed by atoms with Crippen molar-refractivity contribution in [3.8, 4) is 5.75 Å². The Labute approximate surface area is 178 Å². The fraction of sp³-hybridized carbons (Fsp3) is 0.440. The van der Waals surface area contributed by atoms with E-state index in [2.05, 4.69) is 43.5 Å². The molecule has 1 atom stereocenters. The molecule has 30 heavy (non-hydrogen) atoms. The maximum Gasteiger partial charge on any atom is 0.220 e. The first kappa shape index (κ1) is 20.5. The Morgan fingerprint density at radius 3 is 2.57 bits per heavy atom. The minimum absolute atomic E-state index is 0.0426. The number of hydrogen-bond donors (Lipinski definition) is 0. The molecule has 3 aromatic rings. The molecule has 0 unspecified atom stereocenters. The van der Waals surface area contributed by atoms with Crippen LogP contribution in [0.1, 0.15) is 58.0 Å². The summed E-state index contributed by atoms with van der Waals surface area (Å²) in [6.07, 6.45) is 1.97. The molecule has 0 spiro atoms. The summed E-state index contributed by atoms with van der Waals surface area (Å²) in [6, 6.07) is 16.6. The van der Waals surface area contributed by atoms with Crippen molar-refractivity contribution in [2.75, 3.05) is 13.2 Å². The fourth-order valence-corrected chi connectivity index (χ4v) is 4.30. The number of ether oxygens (including phenoxy) is 1. The van der Waals surface area contributed by atoms with E-state index >= 15 is 0 Å². The van der Waals surface area contributed by atoms with Crippen molar-refractivity contribution in [3.05, 3.63) is 59.9 Å². The van der Waals surface area contributed by atoms with Crippen molar-refractivity contribution >= 4 is 16.9 Å². The summed E-state index contributed by atoms with van der Waals surface area (Å²) in [5.41, 5.74) is 3.49. The number of fused-ring (bicyclic) bond motifs is 1. The number of imidazole rings is 1. The number of para-hydroxylation sites is 2. The van der Waals surface area contributed by atoms with Gasteiger partial charge in [-0.3, -0.25) is 4.79 Å². The second-order valence-corrected chi connectivity index (χ2v) is 9.10. The third-order valence-electron chi connectivity index (χ3n) is 5.94. The molecule has 0 N–H and O–H groups in total. The van der Waals surface area contributed by atoms with Gasteiger partial charge >= 0.3 is 0 Å². The molecule has 1 aliphatic heterocycles. The number of aromatic nitrogens is 2. The van der Waals surface area contributed by atoms with E-state index in [1.807, 2.05) is 35.2 Å². The highest BCUT2D eigenvalue weighted by molar-refractivity contribution is 5.77. The molecule has 0 aliphatic carbocycles. The van der Waals surface area contributed by atoms with Crippen molar-refractivity contribution in [1.29, 1.82) is 0 Å². The van der Waals surface area contributed by atoms with Crippen LogP contribution < -0.4 is 4.74 Å². The first-order chi connectivity index (χ1) is 14.3. The number of likely N-dealkylation sites (tertiary alicyclic amines) is 1. The van der Waals surface area contributed by atoms with Crippen LogP contribution in [0, 0.1) is 0 Å². The quantitative estimate of drug-likeness (QED) is 0.594. The molecule has 5 heteroatoms. The second kappa shape index (κ2) is 8.13. The van der Waals surface area contributed by atoms with Crippen LogP contribution in [0.5, 0.6) is 5.75 Å². The standard InChI is InChI=1S/C25H31N3O2/c1-18(29)27-15-7-10-23(27)24-26-21-8-5-6-9-22(21)28(24)16-17-30-20-13-11-19(12-14-20)25(2,3)4/h5-6,8-9,11-14,23H,7,10,15-17H2,1-4H3/t23-/m0/s1. The molecule has 1 aliphatic rings. The van der Waals surface area contributed by atoms with Gasteiger partial charge in [-0.25, -0.2) is 4.98 Å². The second-order valence-electron chi connectivity index (χ2n) is 9.10. The van der Waals surface area contributed by atoms with E-state index in [1.165, 1.54) is 5.56 Å². The number of nitrogens with zero attached hydrogens (tertiary/aromatic N) is 3. The Balaban J connectivity index is 1.54. The van der Waals surface area contributed by atoms with Crippen LogP contribution in [-0.2, 0) is 16.8 Å². The molecule has 1 amide bonds. The largest absolute Gasteiger partial charge is 0.492 e. The summed E-state index contributed by atoms with van der Waals surface area (Å²) in [5, 5.41) is 0. The van der Waals surface area contributed by atoms with Crippen molar-refractivity contribution in [2.24, 2.45) is 0 Å². The lowest BCUT2D eigenvalue weighted by Gasteiger charge is -2.24. The SMILES string of the molecule is CC(=O)N1CCC[C@H]1c1nc2ccccc2n1CCOc1ccc(C(C)(C)C)cc1. The molecule has 1 aromatic heterocycles. The monoisotopic (exact) mass is 405 g/mol. The first-order valence-electron chi connectivity index (χ1n) is 10.8. The molecule has 0 radical (unpaired) electrons. The van der Waals surface area contributed by atoms with E-state index in [9.17, 15) is 4.79 Å². The molecule has 2 aromatic carbocycles. The van der Waals surface area contributed by atoms with Crippen molar-refractivity contribution < 1.29 is 9.53 Å². The molecular weight excluding hydrogens is 374 g/mol. The number of carbonyl (C=O) groups excluding carboxylic acids is 1. The molecule has 4 rings (SSSR count). The summed E-state index contributed by atoms with van der Waals surface area (Å²) in [5.74, 6) is 1.96. The molecule has 0 bridgehead atoms. The molecular formula is C25H31N3O2. The van der Waals surface area contributed by atoms with Gasteiger partial charge in [0.1, 0.15) is 18.2 Å². The van der Waals surface area contributed by atoms with Gasteiger partial charge in [-0.15, -0.1) is 0 Å². The summed E-state index contributed by atoms with van der Waals surface area (Å²) in [6.45, 7) is 10.3. The highest BCUT2D eigenvalue weighted by Gasteiger charge is 2.32. The molecule has 1 saturated heterocycles. The van der Waals surface area contributed by atoms with E-state index in [4.69, 9.17) is 9.72 Å². The van der Waals surface area contributed by atoms with E-state index in [0.29, 0.717) is 13.2 Å². The molecule has 0 saturated carbocycles. The topological polar surface area (TPSA) is 47.4 Å². The van der Waals surface area contributed by atoms with E-state index < -0.39 is 0 Å². The van der Waals surface area contributed by atoms with Gasteiger partial charge < -0.3 is 14.2 Å². The number of hydrogen-bond acceptors (Lipinski definition) is 3. The van der Waals surface area contributed by atoms with Gasteiger partial charge in [0, 0.05) is 13.5 Å². The molecule has 5 nitrogen and oxygen atoms in total. The molecule has 1 fully saturated rings. The number of rotatable bonds is 5. The lowest BCUT2D eigenvalue weighted by atomic mass is 9.87. The van der Waals surface area contributed by atoms with E-state index in [0.717, 1.165) is 42.0 Å². The number of carbonyl (C=O) groups is 1. The van der Waals surface area contributed by atoms with Crippen LogP contribution in [0.4, 0.5) is 0 Å². The summed E-state index contributed by atoms with van der Waals surface area (Å²) in [7, 11) is 0. The smallest absolute Gasteiger partial charge is 0.220 e. The number of amides is 1. The van der Waals surface area contributed by atoms with Gasteiger partial charge in [0.05, 0.1) is 23.6 Å². The maximum absolute atomic E-state index is 12.1. The highest BCUT2D eigenvalue weighted by atomic mass is 16.5. The zero-order valence-corrected chi connectivity index (χ0v) is 18.4. The van der Waals surface area contributed by atoms with Crippen LogP contribution in [0.2, 0.25) is 0 Å². The zero-order valence-electron chi connectivity index (χ0n) is 18.4. The summed E-state index contributed by atoms with van der Waals surface area (Å²) in [4.78, 5) is 19.0. The van der Waals surface area contributed by atoms with Gasteiger partial charge in [0.2, 0.25) is 5.91 Å². The molecule has 158 valence electrons. The van der Waals surface area contributed by atoms with Crippen LogP contribution in [0.3, 0.4) is 0 Å². The zero-order chi connectivity index (χ0) is 21.3. The summed E-state index contributed by atoms with van der Waals surface area (Å²) >= 11 is 0. The predicted octanol–water partition coefficient (Wildman–Crippen LogP) is 5.10. The van der Waals surface area contributed by atoms with Crippen molar-refractivity contribution in [1.82, 2.24) is 14.5 Å². The maximum atomic E-state index is 12.1. The van der Waals surface area contributed by atoms with Crippen molar-refractivity contribution in [2.45, 2.75) is 58.5 Å². The molecule has 2 heterocycles. The van der Waals surface area contributed by atoms with Crippen LogP contribution in [0.15, 0.2) is 48.5 Å². The van der Waals surface area contributed by atoms with Crippen LogP contribution in [0.25, 0.3) is 11.0 Å². The first-order valence-corrected chi connectivity index (χ1v) is 10.8. The van der Waals surface area contributed by atoms with Crippen molar-refractivity contribution in [3.63, 3.8) is 0 Å². The minimum Gasteiger partial charge on any atom is -0.492 e. The van der Waals surface area contributed by atoms with E-state index in [-0.39, 0.29) is 17.4 Å². The van der Waals surface area contributed by atoms with E-state index in [1.54, 1.807) is 6.92 Å². The minimum atomic E-state index is 0.0426. The van der Waals surface area contributed by atoms with Gasteiger partial charge in [-0.05, 0) is 48.1 Å². The average molecular weight is 406 g/mol.